The number of amides is 1. The highest BCUT2D eigenvalue weighted by Gasteiger charge is 2.18. The van der Waals surface area contributed by atoms with E-state index >= 15 is 0 Å². The Balaban J connectivity index is 1.31. The highest BCUT2D eigenvalue weighted by Crippen LogP contribution is 2.35. The summed E-state index contributed by atoms with van der Waals surface area (Å²) in [4.78, 5) is 29.3. The summed E-state index contributed by atoms with van der Waals surface area (Å²) < 4.78 is 11.4. The van der Waals surface area contributed by atoms with Crippen LogP contribution >= 0.6 is 34.3 Å². The molecule has 0 aliphatic carbocycles. The summed E-state index contributed by atoms with van der Waals surface area (Å²) in [6, 6.07) is 15.1. The summed E-state index contributed by atoms with van der Waals surface area (Å²) in [7, 11) is 1.61. The van der Waals surface area contributed by atoms with Crippen molar-refractivity contribution in [3.05, 3.63) is 69.5 Å². The lowest BCUT2D eigenvalue weighted by molar-refractivity contribution is -0.143. The molecule has 0 aliphatic heterocycles. The maximum absolute atomic E-state index is 12.4. The zero-order valence-corrected chi connectivity index (χ0v) is 18.8. The number of hydrogen-bond donors (Lipinski definition) is 1. The third-order valence-corrected chi connectivity index (χ3v) is 7.00. The molecule has 0 saturated carbocycles. The number of esters is 1. The Kier molecular flexibility index (Phi) is 6.50. The summed E-state index contributed by atoms with van der Waals surface area (Å²) in [6.45, 7) is -0.227. The van der Waals surface area contributed by atoms with Crippen LogP contribution in [0.2, 0.25) is 5.02 Å². The predicted octanol–water partition coefficient (Wildman–Crippen LogP) is 5.16. The number of nitrogens with zero attached hydrogens (tertiary/aromatic N) is 1. The zero-order valence-electron chi connectivity index (χ0n) is 16.4. The molecule has 2 aromatic carbocycles. The third-order valence-electron chi connectivity index (χ3n) is 4.38. The number of aromatic nitrogens is 1. The highest BCUT2D eigenvalue weighted by molar-refractivity contribution is 7.21. The van der Waals surface area contributed by atoms with Crippen LogP contribution < -0.4 is 10.1 Å². The van der Waals surface area contributed by atoms with E-state index in [9.17, 15) is 9.59 Å². The molecule has 0 radical (unpaired) electrons. The van der Waals surface area contributed by atoms with Gasteiger partial charge in [-0.15, -0.1) is 22.7 Å². The second-order valence-electron chi connectivity index (χ2n) is 6.46. The lowest BCUT2D eigenvalue weighted by atomic mass is 10.2. The molecule has 9 heteroatoms. The second kappa shape index (κ2) is 9.47. The standard InChI is InChI=1S/C22H17ClN2O4S2/c1-28-15-6-4-5-13(9-15)22-25-14(12-30-22)11-29-18(26)10-24-21(27)20-19(23)16-7-2-3-8-17(16)31-20/h2-9,12H,10-11H2,1H3,(H,24,27). The van der Waals surface area contributed by atoms with Crippen molar-refractivity contribution in [1.82, 2.24) is 10.3 Å². The molecular formula is C22H17ClN2O4S2. The van der Waals surface area contributed by atoms with E-state index < -0.39 is 11.9 Å². The minimum absolute atomic E-state index is 0.0266. The minimum Gasteiger partial charge on any atom is -0.497 e. The Morgan fingerprint density at radius 1 is 1.16 bits per heavy atom. The number of fused-ring (bicyclic) bond motifs is 1. The quantitative estimate of drug-likeness (QED) is 0.376. The van der Waals surface area contributed by atoms with Crippen LogP contribution in [-0.2, 0) is 16.1 Å². The first-order chi connectivity index (χ1) is 15.0. The van der Waals surface area contributed by atoms with Crippen LogP contribution in [-0.4, -0.2) is 30.5 Å². The molecule has 2 heterocycles. The molecule has 1 amide bonds. The number of methoxy groups -OCH3 is 1. The largest absolute Gasteiger partial charge is 0.497 e. The molecule has 6 nitrogen and oxygen atoms in total. The van der Waals surface area contributed by atoms with E-state index in [4.69, 9.17) is 21.1 Å². The first kappa shape index (κ1) is 21.3. The second-order valence-corrected chi connectivity index (χ2v) is 8.75. The van der Waals surface area contributed by atoms with E-state index in [0.717, 1.165) is 26.4 Å². The van der Waals surface area contributed by atoms with E-state index in [1.165, 1.54) is 22.7 Å². The molecule has 2 aromatic heterocycles. The van der Waals surface area contributed by atoms with Gasteiger partial charge in [-0.2, -0.15) is 0 Å². The van der Waals surface area contributed by atoms with Gasteiger partial charge in [0.2, 0.25) is 0 Å². The number of ether oxygens (including phenoxy) is 2. The van der Waals surface area contributed by atoms with Crippen molar-refractivity contribution in [2.45, 2.75) is 6.61 Å². The van der Waals surface area contributed by atoms with Crippen molar-refractivity contribution in [3.63, 3.8) is 0 Å². The molecule has 31 heavy (non-hydrogen) atoms. The molecule has 0 fully saturated rings. The van der Waals surface area contributed by atoms with Crippen LogP contribution in [0.5, 0.6) is 5.75 Å². The number of hydrogen-bond acceptors (Lipinski definition) is 7. The van der Waals surface area contributed by atoms with Gasteiger partial charge in [0, 0.05) is 21.0 Å². The Labute approximate surface area is 191 Å². The molecular weight excluding hydrogens is 456 g/mol. The van der Waals surface area contributed by atoms with Crippen molar-refractivity contribution < 1.29 is 19.1 Å². The van der Waals surface area contributed by atoms with Crippen LogP contribution in [0.3, 0.4) is 0 Å². The number of benzene rings is 2. The van der Waals surface area contributed by atoms with E-state index in [0.29, 0.717) is 15.6 Å². The molecule has 0 saturated heterocycles. The maximum atomic E-state index is 12.4. The number of thiophene rings is 1. The van der Waals surface area contributed by atoms with Crippen molar-refractivity contribution in [1.29, 1.82) is 0 Å². The van der Waals surface area contributed by atoms with Gasteiger partial charge >= 0.3 is 5.97 Å². The van der Waals surface area contributed by atoms with E-state index in [1.807, 2.05) is 53.9 Å². The summed E-state index contributed by atoms with van der Waals surface area (Å²) in [5, 5.41) is 6.40. The molecule has 158 valence electrons. The Morgan fingerprint density at radius 3 is 2.81 bits per heavy atom. The number of halogens is 1. The fourth-order valence-corrected chi connectivity index (χ4v) is 5.10. The average molecular weight is 473 g/mol. The predicted molar refractivity (Wildman–Crippen MR) is 123 cm³/mol. The summed E-state index contributed by atoms with van der Waals surface area (Å²) >= 11 is 9.03. The third kappa shape index (κ3) is 4.87. The number of nitrogens with one attached hydrogen (secondary N) is 1. The van der Waals surface area contributed by atoms with Gasteiger partial charge in [0.25, 0.3) is 5.91 Å². The summed E-state index contributed by atoms with van der Waals surface area (Å²) in [5.74, 6) is -0.214. The molecule has 0 atom stereocenters. The molecule has 4 aromatic rings. The maximum Gasteiger partial charge on any atom is 0.325 e. The van der Waals surface area contributed by atoms with E-state index in [-0.39, 0.29) is 13.2 Å². The summed E-state index contributed by atoms with van der Waals surface area (Å²) in [5.41, 5.74) is 1.56. The monoisotopic (exact) mass is 472 g/mol. The van der Waals surface area contributed by atoms with Gasteiger partial charge in [0.05, 0.1) is 17.8 Å². The zero-order chi connectivity index (χ0) is 21.8. The van der Waals surface area contributed by atoms with Gasteiger partial charge < -0.3 is 14.8 Å². The number of carbonyl (C=O) groups is 2. The first-order valence-electron chi connectivity index (χ1n) is 9.25. The van der Waals surface area contributed by atoms with Crippen LogP contribution in [0.15, 0.2) is 53.9 Å². The topological polar surface area (TPSA) is 77.5 Å². The van der Waals surface area contributed by atoms with Gasteiger partial charge in [0.15, 0.2) is 0 Å². The lowest BCUT2D eigenvalue weighted by Crippen LogP contribution is -2.30. The molecule has 0 spiro atoms. The number of rotatable bonds is 7. The van der Waals surface area contributed by atoms with Crippen LogP contribution in [0, 0.1) is 0 Å². The molecule has 4 rings (SSSR count). The van der Waals surface area contributed by atoms with Crippen LogP contribution in [0.1, 0.15) is 15.4 Å². The normalized spacial score (nSPS) is 10.8. The smallest absolute Gasteiger partial charge is 0.325 e. The summed E-state index contributed by atoms with van der Waals surface area (Å²) in [6.07, 6.45) is 0. The fourth-order valence-electron chi connectivity index (χ4n) is 2.86. The number of carbonyl (C=O) groups excluding carboxylic acids is 2. The molecule has 0 unspecified atom stereocenters. The van der Waals surface area contributed by atoms with Crippen molar-refractivity contribution >= 4 is 56.2 Å². The molecule has 1 N–H and O–H groups in total. The Morgan fingerprint density at radius 2 is 2.00 bits per heavy atom. The van der Waals surface area contributed by atoms with Crippen molar-refractivity contribution in [2.24, 2.45) is 0 Å². The Bertz CT molecular complexity index is 1250. The Hall–Kier alpha value is -2.94. The van der Waals surface area contributed by atoms with Crippen LogP contribution in [0.4, 0.5) is 0 Å². The first-order valence-corrected chi connectivity index (χ1v) is 11.3. The van der Waals surface area contributed by atoms with Crippen LogP contribution in [0.25, 0.3) is 20.7 Å². The number of thiazole rings is 1. The van der Waals surface area contributed by atoms with Crippen molar-refractivity contribution in [3.8, 4) is 16.3 Å². The SMILES string of the molecule is COc1cccc(-c2nc(COC(=O)CNC(=O)c3sc4ccccc4c3Cl)cs2)c1. The van der Waals surface area contributed by atoms with E-state index in [1.54, 1.807) is 7.11 Å². The highest BCUT2D eigenvalue weighted by atomic mass is 35.5. The molecule has 0 bridgehead atoms. The van der Waals surface area contributed by atoms with Gasteiger partial charge in [0.1, 0.15) is 28.8 Å². The lowest BCUT2D eigenvalue weighted by Gasteiger charge is -2.05. The van der Waals surface area contributed by atoms with Crippen molar-refractivity contribution in [2.75, 3.05) is 13.7 Å². The average Bonchev–Trinajstić information content (AvgIpc) is 3.41. The fraction of sp³-hybridized carbons (Fsp3) is 0.136. The van der Waals surface area contributed by atoms with Gasteiger partial charge in [-0.3, -0.25) is 9.59 Å². The molecule has 0 aliphatic rings. The van der Waals surface area contributed by atoms with Gasteiger partial charge in [-0.25, -0.2) is 4.98 Å². The van der Waals surface area contributed by atoms with E-state index in [2.05, 4.69) is 10.3 Å². The minimum atomic E-state index is -0.554. The van der Waals surface area contributed by atoms with Gasteiger partial charge in [-0.05, 0) is 18.2 Å². The van der Waals surface area contributed by atoms with Gasteiger partial charge in [-0.1, -0.05) is 41.9 Å².